The van der Waals surface area contributed by atoms with Crippen LogP contribution in [0.3, 0.4) is 0 Å². The van der Waals surface area contributed by atoms with Gasteiger partial charge in [-0.05, 0) is 13.8 Å². The Kier molecular flexibility index (Phi) is 2.86. The molecule has 0 saturated carbocycles. The third kappa shape index (κ3) is 1.90. The molecule has 86 valence electrons. The minimum absolute atomic E-state index is 0.0472. The van der Waals surface area contributed by atoms with Crippen molar-refractivity contribution in [3.63, 3.8) is 0 Å². The second-order valence-corrected chi connectivity index (χ2v) is 4.55. The summed E-state index contributed by atoms with van der Waals surface area (Å²) < 4.78 is 4.77. The molecule has 0 aromatic carbocycles. The molecule has 0 bridgehead atoms. The van der Waals surface area contributed by atoms with Gasteiger partial charge in [0.1, 0.15) is 10.7 Å². The smallest absolute Gasteiger partial charge is 0.374 e. The highest BCUT2D eigenvalue weighted by Gasteiger charge is 2.24. The van der Waals surface area contributed by atoms with Gasteiger partial charge in [-0.25, -0.2) is 9.78 Å². The Hall–Kier alpha value is -1.50. The summed E-state index contributed by atoms with van der Waals surface area (Å²) in [6.07, 6.45) is 0. The average molecular weight is 241 g/mol. The topological polar surface area (TPSA) is 84.1 Å². The van der Waals surface area contributed by atoms with Crippen molar-refractivity contribution in [2.24, 2.45) is 0 Å². The Labute approximate surface area is 95.8 Å². The minimum atomic E-state index is -0.609. The molecule has 2 rings (SSSR count). The third-order valence-corrected chi connectivity index (χ3v) is 2.98. The minimum Gasteiger partial charge on any atom is -0.460 e. The monoisotopic (exact) mass is 241 g/mol. The molecule has 0 aliphatic carbocycles. The van der Waals surface area contributed by atoms with Crippen molar-refractivity contribution in [2.75, 3.05) is 11.9 Å². The molecule has 1 aliphatic rings. The lowest BCUT2D eigenvalue weighted by molar-refractivity contribution is 0.0510. The first-order valence-electron chi connectivity index (χ1n) is 4.86. The maximum Gasteiger partial charge on any atom is 0.374 e. The van der Waals surface area contributed by atoms with E-state index in [1.54, 1.807) is 6.92 Å². The van der Waals surface area contributed by atoms with E-state index in [9.17, 15) is 9.59 Å². The molecule has 2 N–H and O–H groups in total. The van der Waals surface area contributed by atoms with E-state index in [1.807, 2.05) is 6.92 Å². The van der Waals surface area contributed by atoms with E-state index in [2.05, 4.69) is 15.3 Å². The van der Waals surface area contributed by atoms with Gasteiger partial charge in [0.15, 0.2) is 0 Å². The summed E-state index contributed by atoms with van der Waals surface area (Å²) in [4.78, 5) is 29.4. The van der Waals surface area contributed by atoms with Crippen molar-refractivity contribution in [2.45, 2.75) is 24.2 Å². The van der Waals surface area contributed by atoms with Gasteiger partial charge in [0, 0.05) is 0 Å². The van der Waals surface area contributed by atoms with E-state index in [4.69, 9.17) is 4.74 Å². The van der Waals surface area contributed by atoms with Crippen LogP contribution in [0.1, 0.15) is 24.5 Å². The van der Waals surface area contributed by atoms with Gasteiger partial charge in [-0.15, -0.1) is 0 Å². The predicted molar refractivity (Wildman–Crippen MR) is 59.8 cm³/mol. The van der Waals surface area contributed by atoms with Gasteiger partial charge in [-0.2, -0.15) is 0 Å². The van der Waals surface area contributed by atoms with Crippen LogP contribution in [0.25, 0.3) is 0 Å². The zero-order valence-corrected chi connectivity index (χ0v) is 9.68. The zero-order valence-electron chi connectivity index (χ0n) is 8.86. The number of thioether (sulfide) groups is 1. The van der Waals surface area contributed by atoms with Gasteiger partial charge < -0.3 is 10.1 Å². The first-order chi connectivity index (χ1) is 7.61. The predicted octanol–water partition coefficient (Wildman–Crippen LogP) is 0.810. The van der Waals surface area contributed by atoms with Gasteiger partial charge in [0.2, 0.25) is 5.82 Å². The van der Waals surface area contributed by atoms with Crippen LogP contribution in [0, 0.1) is 0 Å². The van der Waals surface area contributed by atoms with Crippen molar-refractivity contribution in [3.05, 3.63) is 16.2 Å². The summed E-state index contributed by atoms with van der Waals surface area (Å²) in [5, 5.41) is 3.59. The van der Waals surface area contributed by atoms with Crippen molar-refractivity contribution < 1.29 is 9.53 Å². The molecule has 0 amide bonds. The summed E-state index contributed by atoms with van der Waals surface area (Å²) in [5.41, 5.74) is 0.0791. The van der Waals surface area contributed by atoms with Crippen LogP contribution in [0.4, 0.5) is 5.69 Å². The molecule has 1 atom stereocenters. The highest BCUT2D eigenvalue weighted by Crippen LogP contribution is 2.33. The number of carbonyl (C=O) groups excluding carboxylic acids is 1. The molecule has 1 aliphatic heterocycles. The summed E-state index contributed by atoms with van der Waals surface area (Å²) in [7, 11) is 0. The maximum absolute atomic E-state index is 11.6. The number of rotatable bonds is 2. The number of aromatic nitrogens is 2. The number of hydrogen-bond donors (Lipinski definition) is 2. The van der Waals surface area contributed by atoms with E-state index in [1.165, 1.54) is 11.8 Å². The van der Waals surface area contributed by atoms with Crippen LogP contribution in [-0.4, -0.2) is 27.9 Å². The number of aromatic amines is 1. The van der Waals surface area contributed by atoms with Crippen molar-refractivity contribution in [3.8, 4) is 0 Å². The fourth-order valence-electron chi connectivity index (χ4n) is 1.36. The second kappa shape index (κ2) is 4.17. The van der Waals surface area contributed by atoms with Crippen LogP contribution in [0.15, 0.2) is 9.82 Å². The average Bonchev–Trinajstić information content (AvgIpc) is 2.59. The lowest BCUT2D eigenvalue weighted by atomic mass is 10.4. The Morgan fingerprint density at radius 2 is 2.38 bits per heavy atom. The molecule has 0 saturated heterocycles. The molecule has 7 heteroatoms. The summed E-state index contributed by atoms with van der Waals surface area (Å²) in [6.45, 7) is 3.86. The maximum atomic E-state index is 11.6. The molecule has 0 radical (unpaired) electrons. The lowest BCUT2D eigenvalue weighted by Gasteiger charge is -2.02. The SMILES string of the molecule is CCOC(=O)c1nc2c(c(=O)[nH]1)NC(C)S2. The van der Waals surface area contributed by atoms with Crippen molar-refractivity contribution in [1.82, 2.24) is 9.97 Å². The molecule has 16 heavy (non-hydrogen) atoms. The Balaban J connectivity index is 2.38. The zero-order chi connectivity index (χ0) is 11.7. The van der Waals surface area contributed by atoms with Crippen LogP contribution < -0.4 is 10.9 Å². The van der Waals surface area contributed by atoms with E-state index < -0.39 is 5.97 Å². The van der Waals surface area contributed by atoms with Gasteiger partial charge >= 0.3 is 5.97 Å². The molecule has 2 heterocycles. The fraction of sp³-hybridized carbons (Fsp3) is 0.444. The van der Waals surface area contributed by atoms with Gasteiger partial charge in [0.05, 0.1) is 12.0 Å². The van der Waals surface area contributed by atoms with Crippen LogP contribution in [0.2, 0.25) is 0 Å². The number of hydrogen-bond acceptors (Lipinski definition) is 6. The standard InChI is InChI=1S/C9H11N3O3S/c1-3-15-9(14)6-11-7(13)5-8(12-6)16-4(2)10-5/h4,10H,3H2,1-2H3,(H,11,12,13). The molecule has 1 unspecified atom stereocenters. The van der Waals surface area contributed by atoms with E-state index in [0.717, 1.165) is 0 Å². The number of H-pyrrole nitrogens is 1. The van der Waals surface area contributed by atoms with Gasteiger partial charge in [-0.1, -0.05) is 11.8 Å². The van der Waals surface area contributed by atoms with Crippen LogP contribution >= 0.6 is 11.8 Å². The Morgan fingerprint density at radius 3 is 3.06 bits per heavy atom. The van der Waals surface area contributed by atoms with Crippen LogP contribution in [0.5, 0.6) is 0 Å². The number of anilines is 1. The van der Waals surface area contributed by atoms with E-state index in [0.29, 0.717) is 10.7 Å². The van der Waals surface area contributed by atoms with Crippen molar-refractivity contribution in [1.29, 1.82) is 0 Å². The first-order valence-corrected chi connectivity index (χ1v) is 5.74. The molecule has 6 nitrogen and oxygen atoms in total. The third-order valence-electron chi connectivity index (χ3n) is 1.99. The number of fused-ring (bicyclic) bond motifs is 1. The molecule has 0 fully saturated rings. The quantitative estimate of drug-likeness (QED) is 0.589. The summed E-state index contributed by atoms with van der Waals surface area (Å²) >= 11 is 1.40. The number of esters is 1. The number of nitrogens with one attached hydrogen (secondary N) is 2. The molecule has 1 aromatic rings. The normalized spacial score (nSPS) is 17.8. The number of ether oxygens (including phenoxy) is 1. The largest absolute Gasteiger partial charge is 0.460 e. The van der Waals surface area contributed by atoms with E-state index in [-0.39, 0.29) is 23.4 Å². The summed E-state index contributed by atoms with van der Waals surface area (Å²) in [6, 6.07) is 0. The number of carbonyl (C=O) groups is 1. The summed E-state index contributed by atoms with van der Waals surface area (Å²) in [5.74, 6) is -0.656. The highest BCUT2D eigenvalue weighted by atomic mass is 32.2. The first kappa shape index (κ1) is 11.0. The molecular weight excluding hydrogens is 230 g/mol. The molecule has 1 aromatic heterocycles. The number of nitrogens with zero attached hydrogens (tertiary/aromatic N) is 1. The fourth-order valence-corrected chi connectivity index (χ4v) is 2.29. The van der Waals surface area contributed by atoms with Gasteiger partial charge in [0.25, 0.3) is 5.56 Å². The Bertz CT molecular complexity index is 485. The lowest BCUT2D eigenvalue weighted by Crippen LogP contribution is -2.20. The Morgan fingerprint density at radius 1 is 1.62 bits per heavy atom. The van der Waals surface area contributed by atoms with Gasteiger partial charge in [-0.3, -0.25) is 9.78 Å². The van der Waals surface area contributed by atoms with Crippen LogP contribution in [-0.2, 0) is 4.74 Å². The van der Waals surface area contributed by atoms with E-state index >= 15 is 0 Å². The molecular formula is C9H11N3O3S. The van der Waals surface area contributed by atoms with Crippen molar-refractivity contribution >= 4 is 23.4 Å². The second-order valence-electron chi connectivity index (χ2n) is 3.22. The highest BCUT2D eigenvalue weighted by molar-refractivity contribution is 8.00. The molecule has 0 spiro atoms.